The molecule has 0 spiro atoms. The van der Waals surface area contributed by atoms with Crippen LogP contribution in [0.1, 0.15) is 12.8 Å². The van der Waals surface area contributed by atoms with E-state index in [0.29, 0.717) is 0 Å². The normalized spacial score (nSPS) is 14.6. The summed E-state index contributed by atoms with van der Waals surface area (Å²) in [6, 6.07) is 19.9. The molecule has 0 saturated carbocycles. The van der Waals surface area contributed by atoms with Crippen molar-refractivity contribution in [2.45, 2.75) is 12.8 Å². The maximum Gasteiger partial charge on any atom is 0.00680 e. The van der Waals surface area contributed by atoms with Gasteiger partial charge in [-0.1, -0.05) is 74.3 Å². The summed E-state index contributed by atoms with van der Waals surface area (Å²) in [6.07, 6.45) is 7.27. The lowest BCUT2D eigenvalue weighted by Crippen LogP contribution is -2.21. The van der Waals surface area contributed by atoms with Gasteiger partial charge in [-0.15, -0.1) is 0 Å². The Morgan fingerprint density at radius 1 is 0.737 bits per heavy atom. The molecule has 0 bridgehead atoms. The van der Waals surface area contributed by atoms with Crippen molar-refractivity contribution >= 4 is 30.2 Å². The van der Waals surface area contributed by atoms with Crippen molar-refractivity contribution in [2.75, 3.05) is 0 Å². The van der Waals surface area contributed by atoms with Gasteiger partial charge in [0.25, 0.3) is 0 Å². The fourth-order valence-corrected chi connectivity index (χ4v) is 5.72. The maximum atomic E-state index is 2.47. The smallest absolute Gasteiger partial charge is 0.00680 e. The molecule has 1 atom stereocenters. The van der Waals surface area contributed by atoms with Gasteiger partial charge in [-0.05, 0) is 28.8 Å². The van der Waals surface area contributed by atoms with Crippen molar-refractivity contribution < 1.29 is 0 Å². The van der Waals surface area contributed by atoms with E-state index in [1.165, 1.54) is 33.9 Å². The number of benzene rings is 2. The van der Waals surface area contributed by atoms with Crippen LogP contribution in [0.3, 0.4) is 0 Å². The fraction of sp³-hybridized carbons (Fsp3) is 0.111. The standard InChI is InChI=1S/C18H15P/c1-2-8-14(9-3-1)19-17-12-6-4-10-15(17)16-11-5-7-13-18(16)19/h1-4,6,8-13H,5,7H2. The first kappa shape index (κ1) is 11.1. The number of hydrogen-bond donors (Lipinski definition) is 0. The van der Waals surface area contributed by atoms with Gasteiger partial charge in [-0.2, -0.15) is 0 Å². The van der Waals surface area contributed by atoms with Crippen molar-refractivity contribution in [3.8, 4) is 5.30 Å². The van der Waals surface area contributed by atoms with Crippen molar-refractivity contribution in [3.63, 3.8) is 0 Å². The molecule has 4 rings (SSSR count). The molecule has 0 fully saturated rings. The first-order valence-electron chi connectivity index (χ1n) is 6.80. The molecule has 1 aromatic heterocycles. The van der Waals surface area contributed by atoms with Crippen LogP contribution in [0.4, 0.5) is 0 Å². The van der Waals surface area contributed by atoms with E-state index in [1.54, 1.807) is 4.95 Å². The average Bonchev–Trinajstić information content (AvgIpc) is 2.83. The van der Waals surface area contributed by atoms with Gasteiger partial charge >= 0.3 is 0 Å². The van der Waals surface area contributed by atoms with Crippen LogP contribution in [0, 0.1) is 0 Å². The minimum atomic E-state index is -0.321. The molecule has 0 aliphatic heterocycles. The number of hydrogen-bond acceptors (Lipinski definition) is 0. The quantitative estimate of drug-likeness (QED) is 0.617. The highest BCUT2D eigenvalue weighted by atomic mass is 31.1. The summed E-state index contributed by atoms with van der Waals surface area (Å²) < 4.78 is 0. The lowest BCUT2D eigenvalue weighted by molar-refractivity contribution is 1.13. The van der Waals surface area contributed by atoms with E-state index < -0.39 is 0 Å². The molecule has 1 aliphatic carbocycles. The zero-order valence-electron chi connectivity index (χ0n) is 10.7. The molecule has 0 amide bonds. The minimum Gasteiger partial charge on any atom is -0.0776 e. The molecule has 19 heavy (non-hydrogen) atoms. The van der Waals surface area contributed by atoms with E-state index in [0.717, 1.165) is 0 Å². The van der Waals surface area contributed by atoms with Gasteiger partial charge in [-0.3, -0.25) is 0 Å². The van der Waals surface area contributed by atoms with E-state index in [2.05, 4.69) is 66.7 Å². The Balaban J connectivity index is 2.23. The molecule has 3 aromatic rings. The second-order valence-corrected chi connectivity index (χ2v) is 7.12. The third-order valence-corrected chi connectivity index (χ3v) is 6.41. The topological polar surface area (TPSA) is 0 Å². The van der Waals surface area contributed by atoms with Gasteiger partial charge in [0.05, 0.1) is 0 Å². The molecule has 92 valence electrons. The molecule has 0 nitrogen and oxygen atoms in total. The molecule has 0 radical (unpaired) electrons. The van der Waals surface area contributed by atoms with Crippen LogP contribution in [-0.2, 0) is 0 Å². The third kappa shape index (κ3) is 1.68. The summed E-state index contributed by atoms with van der Waals surface area (Å²) in [5.41, 5.74) is 0. The van der Waals surface area contributed by atoms with Crippen molar-refractivity contribution in [2.24, 2.45) is 0 Å². The Kier molecular flexibility index (Phi) is 2.57. The maximum absolute atomic E-state index is 2.47. The zero-order valence-corrected chi connectivity index (χ0v) is 11.6. The largest absolute Gasteiger partial charge is 0.0776 e. The van der Waals surface area contributed by atoms with Crippen LogP contribution >= 0.6 is 7.53 Å². The zero-order chi connectivity index (χ0) is 12.7. The molecule has 2 aromatic carbocycles. The Morgan fingerprint density at radius 3 is 2.37 bits per heavy atom. The predicted molar refractivity (Wildman–Crippen MR) is 85.4 cm³/mol. The summed E-state index contributed by atoms with van der Waals surface area (Å²) in [6.45, 7) is 0. The van der Waals surface area contributed by atoms with Crippen molar-refractivity contribution in [1.82, 2.24) is 0 Å². The molecular weight excluding hydrogens is 247 g/mol. The van der Waals surface area contributed by atoms with Gasteiger partial charge in [0.15, 0.2) is 0 Å². The van der Waals surface area contributed by atoms with Crippen LogP contribution in [0.5, 0.6) is 0 Å². The second kappa shape index (κ2) is 4.40. The van der Waals surface area contributed by atoms with Crippen LogP contribution in [0.2, 0.25) is 0 Å². The predicted octanol–water partition coefficient (Wildman–Crippen LogP) is 4.17. The highest BCUT2D eigenvalue weighted by Gasteiger charge is 2.11. The van der Waals surface area contributed by atoms with Gasteiger partial charge < -0.3 is 0 Å². The molecular formula is C18H15P. The highest BCUT2D eigenvalue weighted by Crippen LogP contribution is 2.41. The lowest BCUT2D eigenvalue weighted by Gasteiger charge is -2.03. The Labute approximate surface area is 113 Å². The molecule has 0 N–H and O–H groups in total. The third-order valence-electron chi connectivity index (χ3n) is 3.82. The lowest BCUT2D eigenvalue weighted by atomic mass is 10.1. The summed E-state index contributed by atoms with van der Waals surface area (Å²) >= 11 is 0. The van der Waals surface area contributed by atoms with Crippen LogP contribution in [0.25, 0.3) is 28.0 Å². The summed E-state index contributed by atoms with van der Waals surface area (Å²) in [5.74, 6) is 0. The van der Waals surface area contributed by atoms with E-state index in [4.69, 9.17) is 0 Å². The Hall–Kier alpha value is -1.78. The van der Waals surface area contributed by atoms with Crippen molar-refractivity contribution in [1.29, 1.82) is 0 Å². The molecule has 1 heterocycles. The van der Waals surface area contributed by atoms with Gasteiger partial charge in [0.1, 0.15) is 0 Å². The van der Waals surface area contributed by atoms with Gasteiger partial charge in [-0.25, -0.2) is 0 Å². The van der Waals surface area contributed by atoms with Crippen molar-refractivity contribution in [3.05, 3.63) is 64.8 Å². The minimum absolute atomic E-state index is 0.321. The summed E-state index contributed by atoms with van der Waals surface area (Å²) in [7, 11) is -0.321. The van der Waals surface area contributed by atoms with E-state index >= 15 is 0 Å². The number of fused-ring (bicyclic) bond motifs is 3. The second-order valence-electron chi connectivity index (χ2n) is 4.97. The van der Waals surface area contributed by atoms with E-state index in [-0.39, 0.29) is 7.53 Å². The summed E-state index contributed by atoms with van der Waals surface area (Å²) in [4.78, 5) is 1.58. The highest BCUT2D eigenvalue weighted by molar-refractivity contribution is 7.61. The molecule has 1 heteroatoms. The van der Waals surface area contributed by atoms with Gasteiger partial charge in [0.2, 0.25) is 0 Å². The first-order valence-corrected chi connectivity index (χ1v) is 8.14. The Bertz CT molecular complexity index is 854. The molecule has 1 unspecified atom stereocenters. The fourth-order valence-electron chi connectivity index (χ4n) is 3.00. The SMILES string of the molecule is C1=c2c(p(-c3ccccc3)c3ccccc23)=CCC1. The summed E-state index contributed by atoms with van der Waals surface area (Å²) in [5, 5.41) is 5.96. The molecule has 1 aliphatic rings. The first-order chi connectivity index (χ1) is 9.45. The van der Waals surface area contributed by atoms with E-state index in [9.17, 15) is 0 Å². The van der Waals surface area contributed by atoms with Crippen LogP contribution < -0.4 is 10.2 Å². The monoisotopic (exact) mass is 262 g/mol. The molecule has 0 saturated heterocycles. The Morgan fingerprint density at radius 2 is 1.47 bits per heavy atom. The van der Waals surface area contributed by atoms with Crippen LogP contribution in [0.15, 0.2) is 54.6 Å². The average molecular weight is 262 g/mol. The van der Waals surface area contributed by atoms with Gasteiger partial charge in [0, 0.05) is 10.1 Å². The van der Waals surface area contributed by atoms with Crippen LogP contribution in [-0.4, -0.2) is 0 Å². The number of rotatable bonds is 1. The van der Waals surface area contributed by atoms with E-state index in [1.807, 2.05) is 0 Å².